The summed E-state index contributed by atoms with van der Waals surface area (Å²) in [5.41, 5.74) is -0.593. The Hall–Kier alpha value is -1.17. The second-order valence-electron chi connectivity index (χ2n) is 2.48. The molecule has 0 saturated carbocycles. The van der Waals surface area contributed by atoms with E-state index in [1.54, 1.807) is 6.26 Å². The number of alkyl halides is 2. The third kappa shape index (κ3) is 2.20. The first kappa shape index (κ1) is 10.9. The number of non-ortho nitro benzene ring substituents is 1. The maximum absolute atomic E-state index is 12.4. The van der Waals surface area contributed by atoms with Crippen LogP contribution in [0.1, 0.15) is 12.0 Å². The average molecular weight is 219 g/mol. The molecule has 0 spiro atoms. The summed E-state index contributed by atoms with van der Waals surface area (Å²) in [4.78, 5) is 10.0. The number of hydrogen-bond acceptors (Lipinski definition) is 3. The first-order valence-electron chi connectivity index (χ1n) is 3.66. The lowest BCUT2D eigenvalue weighted by Crippen LogP contribution is -1.93. The van der Waals surface area contributed by atoms with E-state index in [0.717, 1.165) is 17.8 Å². The molecule has 0 unspecified atom stereocenters. The Labute approximate surface area is 83.3 Å². The fourth-order valence-electron chi connectivity index (χ4n) is 1.01. The van der Waals surface area contributed by atoms with E-state index >= 15 is 0 Å². The number of hydrogen-bond donors (Lipinski definition) is 0. The highest BCUT2D eigenvalue weighted by Crippen LogP contribution is 2.32. The van der Waals surface area contributed by atoms with Crippen LogP contribution in [0, 0.1) is 10.1 Å². The Morgan fingerprint density at radius 1 is 1.50 bits per heavy atom. The van der Waals surface area contributed by atoms with Crippen molar-refractivity contribution in [3.05, 3.63) is 33.9 Å². The lowest BCUT2D eigenvalue weighted by Gasteiger charge is -2.05. The molecule has 1 aromatic carbocycles. The zero-order chi connectivity index (χ0) is 10.7. The molecule has 6 heteroatoms. The van der Waals surface area contributed by atoms with Gasteiger partial charge in [-0.1, -0.05) is 0 Å². The molecule has 0 aromatic heterocycles. The maximum Gasteiger partial charge on any atom is 0.269 e. The fourth-order valence-corrected chi connectivity index (χ4v) is 1.59. The molecule has 0 aliphatic heterocycles. The molecule has 0 atom stereocenters. The van der Waals surface area contributed by atoms with E-state index in [1.807, 2.05) is 0 Å². The van der Waals surface area contributed by atoms with Crippen molar-refractivity contribution in [2.45, 2.75) is 11.3 Å². The molecule has 0 bridgehead atoms. The molecule has 0 aliphatic carbocycles. The van der Waals surface area contributed by atoms with Gasteiger partial charge >= 0.3 is 0 Å². The van der Waals surface area contributed by atoms with Crippen LogP contribution in [-0.2, 0) is 0 Å². The number of nitro groups is 1. The van der Waals surface area contributed by atoms with Gasteiger partial charge in [0.1, 0.15) is 0 Å². The molecule has 0 radical (unpaired) electrons. The van der Waals surface area contributed by atoms with Crippen molar-refractivity contribution in [1.82, 2.24) is 0 Å². The van der Waals surface area contributed by atoms with Gasteiger partial charge in [0.25, 0.3) is 12.1 Å². The van der Waals surface area contributed by atoms with Crippen LogP contribution in [0.3, 0.4) is 0 Å². The monoisotopic (exact) mass is 219 g/mol. The van der Waals surface area contributed by atoms with Gasteiger partial charge in [0.15, 0.2) is 0 Å². The van der Waals surface area contributed by atoms with Crippen molar-refractivity contribution in [2.24, 2.45) is 0 Å². The maximum atomic E-state index is 12.4. The highest BCUT2D eigenvalue weighted by molar-refractivity contribution is 7.98. The molecule has 14 heavy (non-hydrogen) atoms. The number of rotatable bonds is 3. The van der Waals surface area contributed by atoms with Crippen molar-refractivity contribution in [2.75, 3.05) is 6.26 Å². The Bertz CT molecular complexity index is 357. The minimum absolute atomic E-state index is 0.285. The van der Waals surface area contributed by atoms with Gasteiger partial charge in [0, 0.05) is 22.6 Å². The van der Waals surface area contributed by atoms with Crippen LogP contribution >= 0.6 is 11.8 Å². The predicted octanol–water partition coefficient (Wildman–Crippen LogP) is 3.25. The van der Waals surface area contributed by atoms with E-state index in [9.17, 15) is 18.9 Å². The van der Waals surface area contributed by atoms with Crippen LogP contribution in [0.4, 0.5) is 14.5 Å². The van der Waals surface area contributed by atoms with Crippen molar-refractivity contribution in [1.29, 1.82) is 0 Å². The van der Waals surface area contributed by atoms with E-state index in [-0.39, 0.29) is 11.3 Å². The molecular formula is C8H7F2NO2S. The van der Waals surface area contributed by atoms with E-state index in [2.05, 4.69) is 0 Å². The van der Waals surface area contributed by atoms with Gasteiger partial charge in [-0.3, -0.25) is 10.1 Å². The third-order valence-electron chi connectivity index (χ3n) is 1.66. The summed E-state index contributed by atoms with van der Waals surface area (Å²) in [6.07, 6.45) is -1.04. The summed E-state index contributed by atoms with van der Waals surface area (Å²) in [7, 11) is 0. The van der Waals surface area contributed by atoms with E-state index in [1.165, 1.54) is 12.1 Å². The largest absolute Gasteiger partial charge is 0.269 e. The standard InChI is InChI=1S/C8H7F2NO2S/c1-14-7-3-2-5(11(12)13)4-6(7)8(9)10/h2-4,8H,1H3. The normalized spacial score (nSPS) is 10.6. The highest BCUT2D eigenvalue weighted by atomic mass is 32.2. The van der Waals surface area contributed by atoms with Crippen molar-refractivity contribution >= 4 is 17.4 Å². The summed E-state index contributed by atoms with van der Waals surface area (Å²) in [5.74, 6) is 0. The van der Waals surface area contributed by atoms with Gasteiger partial charge in [-0.2, -0.15) is 0 Å². The molecular weight excluding hydrogens is 212 g/mol. The number of benzene rings is 1. The first-order valence-corrected chi connectivity index (χ1v) is 4.89. The van der Waals surface area contributed by atoms with E-state index in [4.69, 9.17) is 0 Å². The first-order chi connectivity index (χ1) is 6.56. The molecule has 0 heterocycles. The molecule has 0 N–H and O–H groups in total. The second-order valence-corrected chi connectivity index (χ2v) is 3.33. The fraction of sp³-hybridized carbons (Fsp3) is 0.250. The van der Waals surface area contributed by atoms with Crippen LogP contribution in [-0.4, -0.2) is 11.2 Å². The van der Waals surface area contributed by atoms with Crippen molar-refractivity contribution < 1.29 is 13.7 Å². The van der Waals surface area contributed by atoms with Gasteiger partial charge < -0.3 is 0 Å². The summed E-state index contributed by atoms with van der Waals surface area (Å²) < 4.78 is 24.8. The summed E-state index contributed by atoms with van der Waals surface area (Å²) in [6.45, 7) is 0. The lowest BCUT2D eigenvalue weighted by atomic mass is 10.2. The Kier molecular flexibility index (Phi) is 3.40. The molecule has 76 valence electrons. The molecule has 3 nitrogen and oxygen atoms in total. The summed E-state index contributed by atoms with van der Waals surface area (Å²) in [6, 6.07) is 3.47. The molecule has 1 aromatic rings. The van der Waals surface area contributed by atoms with E-state index in [0.29, 0.717) is 4.90 Å². The van der Waals surface area contributed by atoms with E-state index < -0.39 is 11.3 Å². The average Bonchev–Trinajstić information content (AvgIpc) is 2.16. The number of nitro benzene ring substituents is 1. The quantitative estimate of drug-likeness (QED) is 0.445. The number of halogens is 2. The topological polar surface area (TPSA) is 43.1 Å². The minimum Gasteiger partial charge on any atom is -0.258 e. The minimum atomic E-state index is -2.68. The van der Waals surface area contributed by atoms with Crippen LogP contribution in [0.2, 0.25) is 0 Å². The Balaban J connectivity index is 3.20. The van der Waals surface area contributed by atoms with Crippen LogP contribution in [0.25, 0.3) is 0 Å². The van der Waals surface area contributed by atoms with Gasteiger partial charge in [-0.05, 0) is 12.3 Å². The van der Waals surface area contributed by atoms with Crippen LogP contribution in [0.15, 0.2) is 23.1 Å². The molecule has 1 rings (SSSR count). The Morgan fingerprint density at radius 3 is 2.57 bits per heavy atom. The van der Waals surface area contributed by atoms with Gasteiger partial charge in [0.2, 0.25) is 0 Å². The molecule has 0 fully saturated rings. The predicted molar refractivity (Wildman–Crippen MR) is 49.8 cm³/mol. The zero-order valence-corrected chi connectivity index (χ0v) is 8.05. The second kappa shape index (κ2) is 4.36. The molecule has 0 saturated heterocycles. The van der Waals surface area contributed by atoms with Gasteiger partial charge in [-0.25, -0.2) is 8.78 Å². The van der Waals surface area contributed by atoms with Crippen molar-refractivity contribution in [3.63, 3.8) is 0 Å². The number of nitrogens with zero attached hydrogens (tertiary/aromatic N) is 1. The van der Waals surface area contributed by atoms with Crippen molar-refractivity contribution in [3.8, 4) is 0 Å². The number of thioether (sulfide) groups is 1. The van der Waals surface area contributed by atoms with Gasteiger partial charge in [0.05, 0.1) is 4.92 Å². The highest BCUT2D eigenvalue weighted by Gasteiger charge is 2.16. The summed E-state index contributed by atoms with van der Waals surface area (Å²) in [5, 5.41) is 10.3. The van der Waals surface area contributed by atoms with Crippen LogP contribution < -0.4 is 0 Å². The molecule has 0 amide bonds. The van der Waals surface area contributed by atoms with Gasteiger partial charge in [-0.15, -0.1) is 11.8 Å². The zero-order valence-electron chi connectivity index (χ0n) is 7.24. The lowest BCUT2D eigenvalue weighted by molar-refractivity contribution is -0.385. The third-order valence-corrected chi connectivity index (χ3v) is 2.47. The van der Waals surface area contributed by atoms with Crippen LogP contribution in [0.5, 0.6) is 0 Å². The Morgan fingerprint density at radius 2 is 2.14 bits per heavy atom. The smallest absolute Gasteiger partial charge is 0.258 e. The molecule has 0 aliphatic rings. The summed E-state index contributed by atoms with van der Waals surface area (Å²) >= 11 is 1.14. The SMILES string of the molecule is CSc1ccc([N+](=O)[O-])cc1C(F)F.